The number of nitrogens with one attached hydrogen (secondary N) is 2. The Labute approximate surface area is 84.7 Å². The third-order valence-corrected chi connectivity index (χ3v) is 2.69. The molecule has 2 rings (SSSR count). The SMILES string of the molecule is Cc1cc(NC[C@@H]2CCCN2)n(C)n1. The summed E-state index contributed by atoms with van der Waals surface area (Å²) in [4.78, 5) is 0. The van der Waals surface area contributed by atoms with E-state index in [1.165, 1.54) is 12.8 Å². The second kappa shape index (κ2) is 4.00. The van der Waals surface area contributed by atoms with Gasteiger partial charge in [-0.25, -0.2) is 0 Å². The van der Waals surface area contributed by atoms with Crippen LogP contribution in [-0.2, 0) is 7.05 Å². The van der Waals surface area contributed by atoms with Crippen LogP contribution in [0, 0.1) is 6.92 Å². The lowest BCUT2D eigenvalue weighted by Crippen LogP contribution is -2.29. The van der Waals surface area contributed by atoms with E-state index in [0.717, 1.165) is 24.6 Å². The van der Waals surface area contributed by atoms with Crippen LogP contribution in [0.4, 0.5) is 5.82 Å². The van der Waals surface area contributed by atoms with Gasteiger partial charge in [0.2, 0.25) is 0 Å². The molecule has 0 aliphatic carbocycles. The first-order valence-corrected chi connectivity index (χ1v) is 5.23. The quantitative estimate of drug-likeness (QED) is 0.751. The maximum Gasteiger partial charge on any atom is 0.124 e. The molecule has 1 atom stereocenters. The first kappa shape index (κ1) is 9.52. The summed E-state index contributed by atoms with van der Waals surface area (Å²) >= 11 is 0. The summed E-state index contributed by atoms with van der Waals surface area (Å²) in [5.41, 5.74) is 1.06. The molecule has 0 unspecified atom stereocenters. The molecule has 2 N–H and O–H groups in total. The van der Waals surface area contributed by atoms with E-state index >= 15 is 0 Å². The van der Waals surface area contributed by atoms with E-state index < -0.39 is 0 Å². The maximum atomic E-state index is 4.29. The Bertz CT molecular complexity index is 299. The molecule has 78 valence electrons. The number of anilines is 1. The Kier molecular flexibility index (Phi) is 2.72. The van der Waals surface area contributed by atoms with Crippen LogP contribution in [0.1, 0.15) is 18.5 Å². The highest BCUT2D eigenvalue weighted by molar-refractivity contribution is 5.36. The molecule has 4 heteroatoms. The van der Waals surface area contributed by atoms with Gasteiger partial charge in [-0.3, -0.25) is 4.68 Å². The Balaban J connectivity index is 1.87. The lowest BCUT2D eigenvalue weighted by atomic mass is 10.2. The zero-order chi connectivity index (χ0) is 9.97. The highest BCUT2D eigenvalue weighted by atomic mass is 15.3. The predicted molar refractivity (Wildman–Crippen MR) is 57.5 cm³/mol. The standard InChI is InChI=1S/C10H18N4/c1-8-6-10(14(2)13-8)12-7-9-4-3-5-11-9/h6,9,11-12H,3-5,7H2,1-2H3/t9-/m0/s1. The van der Waals surface area contributed by atoms with Gasteiger partial charge in [0, 0.05) is 25.7 Å². The van der Waals surface area contributed by atoms with Crippen LogP contribution >= 0.6 is 0 Å². The summed E-state index contributed by atoms with van der Waals surface area (Å²) in [6.45, 7) is 4.18. The van der Waals surface area contributed by atoms with Gasteiger partial charge in [-0.05, 0) is 26.3 Å². The fraction of sp³-hybridized carbons (Fsp3) is 0.700. The summed E-state index contributed by atoms with van der Waals surface area (Å²) in [5.74, 6) is 1.11. The van der Waals surface area contributed by atoms with Gasteiger partial charge in [0.1, 0.15) is 5.82 Å². The minimum Gasteiger partial charge on any atom is -0.369 e. The van der Waals surface area contributed by atoms with Crippen molar-refractivity contribution in [1.29, 1.82) is 0 Å². The van der Waals surface area contributed by atoms with Gasteiger partial charge in [0.25, 0.3) is 0 Å². The van der Waals surface area contributed by atoms with Crippen molar-refractivity contribution in [2.24, 2.45) is 7.05 Å². The molecular formula is C10H18N4. The molecule has 1 aliphatic rings. The van der Waals surface area contributed by atoms with E-state index in [0.29, 0.717) is 6.04 Å². The molecule has 1 aliphatic heterocycles. The van der Waals surface area contributed by atoms with Crippen molar-refractivity contribution in [2.75, 3.05) is 18.4 Å². The molecule has 4 nitrogen and oxygen atoms in total. The van der Waals surface area contributed by atoms with Crippen molar-refractivity contribution >= 4 is 5.82 Å². The molecule has 0 spiro atoms. The normalized spacial score (nSPS) is 21.4. The van der Waals surface area contributed by atoms with Crippen LogP contribution in [0.3, 0.4) is 0 Å². The van der Waals surface area contributed by atoms with Gasteiger partial charge in [-0.2, -0.15) is 5.10 Å². The average Bonchev–Trinajstić information content (AvgIpc) is 2.72. The monoisotopic (exact) mass is 194 g/mol. The first-order chi connectivity index (χ1) is 6.75. The lowest BCUT2D eigenvalue weighted by molar-refractivity contribution is 0.628. The number of nitrogens with zero attached hydrogens (tertiary/aromatic N) is 2. The van der Waals surface area contributed by atoms with Gasteiger partial charge in [-0.1, -0.05) is 0 Å². The molecular weight excluding hydrogens is 176 g/mol. The summed E-state index contributed by atoms with van der Waals surface area (Å²) in [6.07, 6.45) is 2.58. The second-order valence-electron chi connectivity index (χ2n) is 3.97. The highest BCUT2D eigenvalue weighted by Crippen LogP contribution is 2.10. The molecule has 0 saturated carbocycles. The molecule has 1 aromatic rings. The Morgan fingerprint density at radius 1 is 1.71 bits per heavy atom. The zero-order valence-electron chi connectivity index (χ0n) is 8.88. The van der Waals surface area contributed by atoms with Crippen molar-refractivity contribution in [3.05, 3.63) is 11.8 Å². The van der Waals surface area contributed by atoms with Crippen LogP contribution in [0.2, 0.25) is 0 Å². The van der Waals surface area contributed by atoms with Crippen molar-refractivity contribution in [2.45, 2.75) is 25.8 Å². The molecule has 1 aromatic heterocycles. The van der Waals surface area contributed by atoms with Gasteiger partial charge in [0.05, 0.1) is 5.69 Å². The molecule has 0 bridgehead atoms. The maximum absolute atomic E-state index is 4.29. The predicted octanol–water partition coefficient (Wildman–Crippen LogP) is 0.892. The number of hydrogen-bond donors (Lipinski definition) is 2. The fourth-order valence-corrected chi connectivity index (χ4v) is 1.93. The first-order valence-electron chi connectivity index (χ1n) is 5.23. The van der Waals surface area contributed by atoms with Crippen molar-refractivity contribution < 1.29 is 0 Å². The van der Waals surface area contributed by atoms with E-state index in [1.807, 2.05) is 18.7 Å². The molecule has 0 aromatic carbocycles. The van der Waals surface area contributed by atoms with E-state index in [4.69, 9.17) is 0 Å². The van der Waals surface area contributed by atoms with E-state index in [9.17, 15) is 0 Å². The molecule has 14 heavy (non-hydrogen) atoms. The van der Waals surface area contributed by atoms with E-state index in [2.05, 4.69) is 21.8 Å². The molecule has 0 radical (unpaired) electrons. The van der Waals surface area contributed by atoms with Crippen molar-refractivity contribution in [3.8, 4) is 0 Å². The zero-order valence-corrected chi connectivity index (χ0v) is 8.88. The van der Waals surface area contributed by atoms with Crippen LogP contribution in [0.5, 0.6) is 0 Å². The third kappa shape index (κ3) is 2.07. The van der Waals surface area contributed by atoms with E-state index in [1.54, 1.807) is 0 Å². The molecule has 0 amide bonds. The molecule has 1 fully saturated rings. The average molecular weight is 194 g/mol. The lowest BCUT2D eigenvalue weighted by Gasteiger charge is -2.12. The topological polar surface area (TPSA) is 41.9 Å². The summed E-state index contributed by atoms with van der Waals surface area (Å²) in [5, 5.41) is 11.2. The fourth-order valence-electron chi connectivity index (χ4n) is 1.93. The van der Waals surface area contributed by atoms with Crippen molar-refractivity contribution in [3.63, 3.8) is 0 Å². The Hall–Kier alpha value is -1.03. The van der Waals surface area contributed by atoms with Gasteiger partial charge in [-0.15, -0.1) is 0 Å². The Morgan fingerprint density at radius 3 is 3.14 bits per heavy atom. The van der Waals surface area contributed by atoms with Crippen LogP contribution in [0.15, 0.2) is 6.07 Å². The summed E-state index contributed by atoms with van der Waals surface area (Å²) < 4.78 is 1.89. The molecule has 1 saturated heterocycles. The number of aryl methyl sites for hydroxylation is 2. The van der Waals surface area contributed by atoms with Crippen LogP contribution in [0.25, 0.3) is 0 Å². The van der Waals surface area contributed by atoms with Gasteiger partial charge < -0.3 is 10.6 Å². The number of rotatable bonds is 3. The third-order valence-electron chi connectivity index (χ3n) is 2.69. The second-order valence-corrected chi connectivity index (χ2v) is 3.97. The number of aromatic nitrogens is 2. The van der Waals surface area contributed by atoms with Crippen LogP contribution in [-0.4, -0.2) is 28.9 Å². The van der Waals surface area contributed by atoms with Crippen LogP contribution < -0.4 is 10.6 Å². The largest absolute Gasteiger partial charge is 0.369 e. The molecule has 2 heterocycles. The van der Waals surface area contributed by atoms with Gasteiger partial charge >= 0.3 is 0 Å². The van der Waals surface area contributed by atoms with Gasteiger partial charge in [0.15, 0.2) is 0 Å². The number of hydrogen-bond acceptors (Lipinski definition) is 3. The Morgan fingerprint density at radius 2 is 2.57 bits per heavy atom. The summed E-state index contributed by atoms with van der Waals surface area (Å²) in [7, 11) is 1.97. The summed E-state index contributed by atoms with van der Waals surface area (Å²) in [6, 6.07) is 2.71. The highest BCUT2D eigenvalue weighted by Gasteiger charge is 2.13. The van der Waals surface area contributed by atoms with E-state index in [-0.39, 0.29) is 0 Å². The smallest absolute Gasteiger partial charge is 0.124 e. The minimum absolute atomic E-state index is 0.630. The van der Waals surface area contributed by atoms with Crippen molar-refractivity contribution in [1.82, 2.24) is 15.1 Å². The minimum atomic E-state index is 0.630.